The summed E-state index contributed by atoms with van der Waals surface area (Å²) in [6.45, 7) is 4.66. The summed E-state index contributed by atoms with van der Waals surface area (Å²) in [4.78, 5) is 28.6. The Morgan fingerprint density at radius 1 is 1.21 bits per heavy atom. The minimum atomic E-state index is -0.253. The van der Waals surface area contributed by atoms with E-state index < -0.39 is 0 Å². The van der Waals surface area contributed by atoms with Gasteiger partial charge in [-0.3, -0.25) is 4.98 Å². The second-order valence-corrected chi connectivity index (χ2v) is 7.44. The van der Waals surface area contributed by atoms with Gasteiger partial charge < -0.3 is 19.3 Å². The zero-order valence-electron chi connectivity index (χ0n) is 16.2. The Balaban J connectivity index is 1.28. The number of pyridine rings is 1. The van der Waals surface area contributed by atoms with Crippen LogP contribution in [0.2, 0.25) is 0 Å². The fourth-order valence-corrected chi connectivity index (χ4v) is 3.00. The molecule has 2 aromatic rings. The highest BCUT2D eigenvalue weighted by Gasteiger charge is 2.43. The zero-order chi connectivity index (χ0) is 20.3. The van der Waals surface area contributed by atoms with E-state index in [1.807, 2.05) is 11.8 Å². The van der Waals surface area contributed by atoms with Crippen LogP contribution in [0.3, 0.4) is 0 Å². The molecule has 1 amide bonds. The van der Waals surface area contributed by atoms with Crippen LogP contribution in [0.5, 0.6) is 5.75 Å². The lowest BCUT2D eigenvalue weighted by molar-refractivity contribution is 0.0570. The predicted molar refractivity (Wildman–Crippen MR) is 103 cm³/mol. The van der Waals surface area contributed by atoms with Gasteiger partial charge in [-0.25, -0.2) is 14.8 Å². The molecule has 0 atom stereocenters. The van der Waals surface area contributed by atoms with E-state index in [2.05, 4.69) is 21.0 Å². The molecule has 2 aliphatic rings. The number of nitrogens with zero attached hydrogens (tertiary/aromatic N) is 6. The summed E-state index contributed by atoms with van der Waals surface area (Å²) in [5, 5.41) is 9.10. The molecule has 150 valence electrons. The number of ether oxygens (including phenoxy) is 2. The lowest BCUT2D eigenvalue weighted by Gasteiger charge is -2.34. The van der Waals surface area contributed by atoms with E-state index >= 15 is 0 Å². The number of rotatable bonds is 5. The van der Waals surface area contributed by atoms with Crippen LogP contribution in [0.15, 0.2) is 30.9 Å². The Bertz CT molecular complexity index is 915. The fourth-order valence-electron chi connectivity index (χ4n) is 3.00. The second kappa shape index (κ2) is 7.91. The minimum absolute atomic E-state index is 0.234. The topological polar surface area (TPSA) is 104 Å². The highest BCUT2D eigenvalue weighted by Crippen LogP contribution is 2.39. The molecule has 3 heterocycles. The summed E-state index contributed by atoms with van der Waals surface area (Å²) < 4.78 is 11.2. The number of carbonyl (C=O) groups is 1. The van der Waals surface area contributed by atoms with Crippen LogP contribution in [0.25, 0.3) is 0 Å². The third-order valence-electron chi connectivity index (χ3n) is 5.15. The quantitative estimate of drug-likeness (QED) is 0.760. The van der Waals surface area contributed by atoms with Gasteiger partial charge in [0.15, 0.2) is 5.75 Å². The zero-order valence-corrected chi connectivity index (χ0v) is 16.2. The summed E-state index contributed by atoms with van der Waals surface area (Å²) in [7, 11) is 0. The van der Waals surface area contributed by atoms with E-state index in [9.17, 15) is 4.79 Å². The van der Waals surface area contributed by atoms with Crippen LogP contribution >= 0.6 is 0 Å². The van der Waals surface area contributed by atoms with E-state index in [1.165, 1.54) is 6.20 Å². The number of aromatic nitrogens is 3. The average molecular weight is 394 g/mol. The molecule has 4 rings (SSSR count). The largest absolute Gasteiger partial charge is 0.486 e. The molecular formula is C20H22N6O3. The molecule has 2 fully saturated rings. The number of piperazine rings is 1. The Morgan fingerprint density at radius 3 is 2.59 bits per heavy atom. The first-order valence-electron chi connectivity index (χ1n) is 9.57. The summed E-state index contributed by atoms with van der Waals surface area (Å²) in [5.74, 6) is 1.12. The van der Waals surface area contributed by atoms with Crippen molar-refractivity contribution >= 4 is 12.0 Å². The smallest absolute Gasteiger partial charge is 0.410 e. The third-order valence-corrected chi connectivity index (χ3v) is 5.15. The molecular weight excluding hydrogens is 372 g/mol. The summed E-state index contributed by atoms with van der Waals surface area (Å²) in [6, 6.07) is 3.85. The lowest BCUT2D eigenvalue weighted by atomic mass is 10.2. The van der Waals surface area contributed by atoms with Crippen molar-refractivity contribution in [3.05, 3.63) is 42.0 Å². The van der Waals surface area contributed by atoms with Crippen molar-refractivity contribution in [1.29, 1.82) is 5.26 Å². The Morgan fingerprint density at radius 2 is 1.93 bits per heavy atom. The Hall–Kier alpha value is -3.41. The molecule has 0 N–H and O–H groups in total. The van der Waals surface area contributed by atoms with Crippen LogP contribution in [0, 0.1) is 11.3 Å². The maximum absolute atomic E-state index is 12.2. The van der Waals surface area contributed by atoms with Gasteiger partial charge in [0, 0.05) is 44.1 Å². The number of nitriles is 1. The van der Waals surface area contributed by atoms with Crippen molar-refractivity contribution in [3.63, 3.8) is 0 Å². The molecule has 0 unspecified atom stereocenters. The molecule has 1 saturated heterocycles. The van der Waals surface area contributed by atoms with Crippen molar-refractivity contribution in [2.45, 2.75) is 32.0 Å². The molecule has 0 aromatic carbocycles. The highest BCUT2D eigenvalue weighted by molar-refractivity contribution is 5.69. The molecule has 0 bridgehead atoms. The fraction of sp³-hybridized carbons (Fsp3) is 0.450. The normalized spacial score (nSPS) is 17.4. The molecule has 9 nitrogen and oxygen atoms in total. The Kier molecular flexibility index (Phi) is 5.16. The maximum Gasteiger partial charge on any atom is 0.410 e. The average Bonchev–Trinajstić information content (AvgIpc) is 3.49. The van der Waals surface area contributed by atoms with Crippen molar-refractivity contribution in [2.24, 2.45) is 0 Å². The van der Waals surface area contributed by atoms with E-state index in [4.69, 9.17) is 14.7 Å². The van der Waals surface area contributed by atoms with Gasteiger partial charge in [-0.15, -0.1) is 0 Å². The van der Waals surface area contributed by atoms with Gasteiger partial charge in [-0.05, 0) is 25.8 Å². The van der Waals surface area contributed by atoms with E-state index in [0.29, 0.717) is 43.4 Å². The number of carbonyl (C=O) groups excluding carboxylic acids is 1. The number of hydrogen-bond acceptors (Lipinski definition) is 8. The van der Waals surface area contributed by atoms with Crippen molar-refractivity contribution in [1.82, 2.24) is 19.9 Å². The van der Waals surface area contributed by atoms with Gasteiger partial charge in [0.2, 0.25) is 5.95 Å². The van der Waals surface area contributed by atoms with Crippen LogP contribution < -0.4 is 9.64 Å². The van der Waals surface area contributed by atoms with Crippen molar-refractivity contribution < 1.29 is 14.3 Å². The van der Waals surface area contributed by atoms with Gasteiger partial charge in [-0.1, -0.05) is 0 Å². The first-order chi connectivity index (χ1) is 14.1. The molecule has 1 aliphatic carbocycles. The van der Waals surface area contributed by atoms with E-state index in [-0.39, 0.29) is 18.3 Å². The van der Waals surface area contributed by atoms with Gasteiger partial charge in [-0.2, -0.15) is 5.26 Å². The monoisotopic (exact) mass is 394 g/mol. The number of anilines is 1. The number of hydrogen-bond donors (Lipinski definition) is 0. The van der Waals surface area contributed by atoms with Gasteiger partial charge in [0.05, 0.1) is 18.0 Å². The van der Waals surface area contributed by atoms with E-state index in [0.717, 1.165) is 18.4 Å². The summed E-state index contributed by atoms with van der Waals surface area (Å²) >= 11 is 0. The Labute approximate surface area is 168 Å². The van der Waals surface area contributed by atoms with Crippen molar-refractivity contribution in [2.75, 3.05) is 31.1 Å². The third kappa shape index (κ3) is 4.54. The maximum atomic E-state index is 12.2. The van der Waals surface area contributed by atoms with Crippen LogP contribution in [-0.4, -0.2) is 57.7 Å². The number of amides is 1. The summed E-state index contributed by atoms with van der Waals surface area (Å²) in [5.41, 5.74) is 0.990. The van der Waals surface area contributed by atoms with Gasteiger partial charge >= 0.3 is 6.09 Å². The molecule has 0 radical (unpaired) electrons. The van der Waals surface area contributed by atoms with Gasteiger partial charge in [0.1, 0.15) is 18.3 Å². The van der Waals surface area contributed by atoms with Crippen LogP contribution in [0.1, 0.15) is 30.9 Å². The van der Waals surface area contributed by atoms with Crippen LogP contribution in [-0.2, 0) is 11.3 Å². The standard InChI is InChI=1S/C20H22N6O3/c1-20(3-4-20)29-19(27)26-8-6-25(7-9-26)18-23-12-17(13-24-18)28-14-15-2-5-22-11-16(15)10-21/h2,5,11-13H,3-4,6-9,14H2,1H3. The highest BCUT2D eigenvalue weighted by atomic mass is 16.6. The van der Waals surface area contributed by atoms with Gasteiger partial charge in [0.25, 0.3) is 0 Å². The summed E-state index contributed by atoms with van der Waals surface area (Å²) in [6.07, 6.45) is 8.02. The minimum Gasteiger partial charge on any atom is -0.486 e. The second-order valence-electron chi connectivity index (χ2n) is 7.44. The van der Waals surface area contributed by atoms with Crippen LogP contribution in [0.4, 0.5) is 10.7 Å². The molecule has 29 heavy (non-hydrogen) atoms. The lowest BCUT2D eigenvalue weighted by Crippen LogP contribution is -2.50. The van der Waals surface area contributed by atoms with E-state index in [1.54, 1.807) is 29.6 Å². The predicted octanol–water partition coefficient (Wildman–Crippen LogP) is 2.13. The molecule has 1 saturated carbocycles. The first kappa shape index (κ1) is 18.9. The molecule has 0 spiro atoms. The molecule has 2 aromatic heterocycles. The molecule has 1 aliphatic heterocycles. The molecule has 9 heteroatoms. The van der Waals surface area contributed by atoms with Crippen molar-refractivity contribution in [3.8, 4) is 11.8 Å². The first-order valence-corrected chi connectivity index (χ1v) is 9.57. The SMILES string of the molecule is CC1(OC(=O)N2CCN(c3ncc(OCc4ccncc4C#N)cn3)CC2)CC1.